The van der Waals surface area contributed by atoms with E-state index in [1.807, 2.05) is 18.2 Å². The molecule has 0 unspecified atom stereocenters. The molecule has 1 aliphatic heterocycles. The molecule has 4 heteroatoms. The molecule has 2 aliphatic carbocycles. The molecule has 2 fully saturated rings. The Bertz CT molecular complexity index is 758. The van der Waals surface area contributed by atoms with Crippen molar-refractivity contribution in [2.45, 2.75) is 52.1 Å². The van der Waals surface area contributed by atoms with Gasteiger partial charge < -0.3 is 14.8 Å². The largest absolute Gasteiger partial charge is 0.496 e. The number of nitrogens with two attached hydrogens (primary N) is 1. The van der Waals surface area contributed by atoms with Gasteiger partial charge in [0, 0.05) is 12.3 Å². The molecule has 1 aromatic rings. The fourth-order valence-corrected chi connectivity index (χ4v) is 5.78. The van der Waals surface area contributed by atoms with Gasteiger partial charge in [-0.25, -0.2) is 0 Å². The number of methoxy groups -OCH3 is 1. The molecular weight excluding hydrogens is 350 g/mol. The maximum Gasteiger partial charge on any atom is 0.315 e. The van der Waals surface area contributed by atoms with Gasteiger partial charge in [-0.1, -0.05) is 50.1 Å². The minimum atomic E-state index is -0.00570. The third-order valence-electron chi connectivity index (χ3n) is 7.31. The van der Waals surface area contributed by atoms with Crippen LogP contribution in [0.3, 0.4) is 0 Å². The highest BCUT2D eigenvalue weighted by Gasteiger charge is 2.52. The Morgan fingerprint density at radius 1 is 1.32 bits per heavy atom. The predicted octanol–water partition coefficient (Wildman–Crippen LogP) is 3.12. The molecular formula is C24H34NO3+. The number of hydrogen-bond donors (Lipinski definition) is 1. The summed E-state index contributed by atoms with van der Waals surface area (Å²) in [7, 11) is 1.72. The van der Waals surface area contributed by atoms with Crippen molar-refractivity contribution in [3.63, 3.8) is 0 Å². The highest BCUT2D eigenvalue weighted by atomic mass is 16.6. The zero-order valence-corrected chi connectivity index (χ0v) is 17.4. The van der Waals surface area contributed by atoms with Crippen LogP contribution in [-0.4, -0.2) is 32.3 Å². The summed E-state index contributed by atoms with van der Waals surface area (Å²) in [6.45, 7) is 6.50. The molecule has 3 aliphatic rings. The first-order valence-electron chi connectivity index (χ1n) is 10.9. The summed E-state index contributed by atoms with van der Waals surface area (Å²) in [5.41, 5.74) is 3.05. The Balaban J connectivity index is 1.39. The van der Waals surface area contributed by atoms with Crippen LogP contribution in [0.2, 0.25) is 0 Å². The lowest BCUT2D eigenvalue weighted by Crippen LogP contribution is -2.86. The van der Waals surface area contributed by atoms with Crippen molar-refractivity contribution < 1.29 is 19.6 Å². The lowest BCUT2D eigenvalue weighted by atomic mass is 9.59. The Morgan fingerprint density at radius 3 is 2.96 bits per heavy atom. The monoisotopic (exact) mass is 384 g/mol. The minimum Gasteiger partial charge on any atom is -0.496 e. The number of ether oxygens (including phenoxy) is 2. The number of allylic oxidation sites excluding steroid dienone is 1. The first-order chi connectivity index (χ1) is 13.5. The van der Waals surface area contributed by atoms with Crippen LogP contribution >= 0.6 is 0 Å². The van der Waals surface area contributed by atoms with Crippen LogP contribution < -0.4 is 10.1 Å². The van der Waals surface area contributed by atoms with E-state index in [-0.39, 0.29) is 29.3 Å². The van der Waals surface area contributed by atoms with Crippen LogP contribution in [0, 0.1) is 23.2 Å². The van der Waals surface area contributed by atoms with E-state index in [9.17, 15) is 4.79 Å². The number of carbonyl (C=O) groups excluding carboxylic acids is 1. The van der Waals surface area contributed by atoms with Crippen molar-refractivity contribution in [2.24, 2.45) is 23.2 Å². The van der Waals surface area contributed by atoms with E-state index in [0.29, 0.717) is 5.92 Å². The van der Waals surface area contributed by atoms with Crippen molar-refractivity contribution in [1.29, 1.82) is 0 Å². The van der Waals surface area contributed by atoms with Crippen LogP contribution in [0.5, 0.6) is 5.75 Å². The third kappa shape index (κ3) is 3.59. The number of benzene rings is 1. The molecule has 1 aromatic carbocycles. The van der Waals surface area contributed by atoms with E-state index >= 15 is 0 Å². The van der Waals surface area contributed by atoms with E-state index in [1.54, 1.807) is 12.7 Å². The number of carbonyl (C=O) groups is 1. The van der Waals surface area contributed by atoms with Gasteiger partial charge in [-0.15, -0.1) is 0 Å². The van der Waals surface area contributed by atoms with E-state index in [1.165, 1.54) is 24.8 Å². The Labute approximate surface area is 168 Å². The molecule has 2 N–H and O–H groups in total. The number of para-hydroxylation sites is 1. The third-order valence-corrected chi connectivity index (χ3v) is 7.31. The summed E-state index contributed by atoms with van der Waals surface area (Å²) >= 11 is 0. The second-order valence-corrected chi connectivity index (χ2v) is 9.21. The fraction of sp³-hybridized carbons (Fsp3) is 0.625. The second-order valence-electron chi connectivity index (χ2n) is 9.21. The average Bonchev–Trinajstić information content (AvgIpc) is 2.97. The van der Waals surface area contributed by atoms with Gasteiger partial charge in [0.2, 0.25) is 0 Å². The molecule has 0 bridgehead atoms. The average molecular weight is 385 g/mol. The molecule has 0 radical (unpaired) electrons. The molecule has 1 saturated heterocycles. The molecule has 1 heterocycles. The van der Waals surface area contributed by atoms with Gasteiger partial charge >= 0.3 is 5.97 Å². The van der Waals surface area contributed by atoms with Crippen molar-refractivity contribution in [1.82, 2.24) is 0 Å². The van der Waals surface area contributed by atoms with Crippen LogP contribution in [0.15, 0.2) is 35.9 Å². The summed E-state index contributed by atoms with van der Waals surface area (Å²) in [5, 5.41) is 2.28. The summed E-state index contributed by atoms with van der Waals surface area (Å²) < 4.78 is 11.3. The SMILES string of the molecule is COc1ccccc1CC[NH2+]C[C@H]1C(=O)O[C@@H]2C[C@@]3(C)CCC[C@H](C)C3=C[C@@H]21. The summed E-state index contributed by atoms with van der Waals surface area (Å²) in [4.78, 5) is 12.6. The predicted molar refractivity (Wildman–Crippen MR) is 109 cm³/mol. The molecule has 0 amide bonds. The molecule has 4 rings (SSSR count). The van der Waals surface area contributed by atoms with E-state index < -0.39 is 0 Å². The summed E-state index contributed by atoms with van der Waals surface area (Å²) in [6.07, 6.45) is 8.29. The Kier molecular flexibility index (Phi) is 5.50. The number of fused-ring (bicyclic) bond motifs is 2. The van der Waals surface area contributed by atoms with E-state index in [4.69, 9.17) is 9.47 Å². The van der Waals surface area contributed by atoms with Gasteiger partial charge in [-0.2, -0.15) is 0 Å². The van der Waals surface area contributed by atoms with E-state index in [2.05, 4.69) is 31.3 Å². The fourth-order valence-electron chi connectivity index (χ4n) is 5.78. The Morgan fingerprint density at radius 2 is 2.14 bits per heavy atom. The maximum absolute atomic E-state index is 12.6. The van der Waals surface area contributed by atoms with Gasteiger partial charge in [0.25, 0.3) is 0 Å². The number of hydrogen-bond acceptors (Lipinski definition) is 3. The summed E-state index contributed by atoms with van der Waals surface area (Å²) in [5.74, 6) is 1.85. The first kappa shape index (κ1) is 19.5. The van der Waals surface area contributed by atoms with Crippen molar-refractivity contribution in [2.75, 3.05) is 20.2 Å². The highest BCUT2D eigenvalue weighted by Crippen LogP contribution is 2.53. The molecule has 0 aromatic heterocycles. The minimum absolute atomic E-state index is 0.00570. The molecule has 0 spiro atoms. The van der Waals surface area contributed by atoms with Crippen LogP contribution in [0.4, 0.5) is 0 Å². The smallest absolute Gasteiger partial charge is 0.315 e. The van der Waals surface area contributed by atoms with Gasteiger partial charge in [-0.3, -0.25) is 4.79 Å². The first-order valence-corrected chi connectivity index (χ1v) is 10.9. The van der Waals surface area contributed by atoms with Crippen LogP contribution in [0.25, 0.3) is 0 Å². The topological polar surface area (TPSA) is 52.1 Å². The quantitative estimate of drug-likeness (QED) is 0.466. The highest BCUT2D eigenvalue weighted by molar-refractivity contribution is 5.76. The number of rotatable bonds is 6. The lowest BCUT2D eigenvalue weighted by Gasteiger charge is -2.45. The summed E-state index contributed by atoms with van der Waals surface area (Å²) in [6, 6.07) is 8.17. The number of esters is 1. The van der Waals surface area contributed by atoms with E-state index in [0.717, 1.165) is 31.7 Å². The zero-order valence-electron chi connectivity index (χ0n) is 17.4. The van der Waals surface area contributed by atoms with Crippen molar-refractivity contribution >= 4 is 5.97 Å². The maximum atomic E-state index is 12.6. The second kappa shape index (κ2) is 7.90. The van der Waals surface area contributed by atoms with Crippen molar-refractivity contribution in [3.8, 4) is 5.75 Å². The lowest BCUT2D eigenvalue weighted by molar-refractivity contribution is -0.658. The molecule has 1 saturated carbocycles. The molecule has 28 heavy (non-hydrogen) atoms. The number of quaternary nitrogens is 1. The van der Waals surface area contributed by atoms with Crippen LogP contribution in [0.1, 0.15) is 45.1 Å². The zero-order chi connectivity index (χ0) is 19.7. The normalized spacial score (nSPS) is 34.2. The molecule has 5 atom stereocenters. The van der Waals surface area contributed by atoms with Crippen molar-refractivity contribution in [3.05, 3.63) is 41.5 Å². The standard InChI is InChI=1S/C24H33NO3/c1-16-7-6-11-24(2)14-22-18(13-20(16)24)19(23(26)28-22)15-25-12-10-17-8-4-5-9-21(17)27-3/h4-5,8-9,13,16,18-19,22,25H,6-7,10-12,14-15H2,1-3H3/p+1/t16-,18+,19+,22+,24+/m0/s1. The molecule has 152 valence electrons. The Hall–Kier alpha value is -1.81. The van der Waals surface area contributed by atoms with Gasteiger partial charge in [-0.05, 0) is 42.2 Å². The molecule has 4 nitrogen and oxygen atoms in total. The van der Waals surface area contributed by atoms with Gasteiger partial charge in [0.15, 0.2) is 0 Å². The van der Waals surface area contributed by atoms with Crippen LogP contribution in [-0.2, 0) is 16.0 Å². The van der Waals surface area contributed by atoms with Gasteiger partial charge in [0.05, 0.1) is 20.2 Å². The van der Waals surface area contributed by atoms with Gasteiger partial charge in [0.1, 0.15) is 17.8 Å².